The fraction of sp³-hybridized carbons (Fsp3) is 0.400. The van der Waals surface area contributed by atoms with Crippen molar-refractivity contribution in [2.24, 2.45) is 5.92 Å². The monoisotopic (exact) mass is 514 g/mol. The van der Waals surface area contributed by atoms with Crippen LogP contribution in [0.15, 0.2) is 47.1 Å². The van der Waals surface area contributed by atoms with Gasteiger partial charge in [-0.2, -0.15) is 0 Å². The molecular weight excluding hydrogens is 484 g/mol. The Kier molecular flexibility index (Phi) is 7.78. The molecule has 2 aliphatic rings. The largest absolute Gasteiger partial charge is 0.465 e. The van der Waals surface area contributed by atoms with E-state index in [1.165, 1.54) is 10.4 Å². The van der Waals surface area contributed by atoms with Crippen molar-refractivity contribution in [1.82, 2.24) is 10.2 Å². The van der Waals surface area contributed by atoms with Gasteiger partial charge in [0, 0.05) is 37.9 Å². The Morgan fingerprint density at radius 1 is 1.11 bits per heavy atom. The number of piperidine rings is 1. The minimum absolute atomic E-state index is 0.0900. The van der Waals surface area contributed by atoms with Crippen molar-refractivity contribution in [1.29, 1.82) is 0 Å². The van der Waals surface area contributed by atoms with E-state index >= 15 is 0 Å². The highest BCUT2D eigenvalue weighted by Crippen LogP contribution is 2.31. The maximum Gasteiger partial charge on any atom is 0.313 e. The number of carbonyl (C=O) groups excluding carboxylic acids is 3. The number of sulfonamides is 1. The molecule has 0 atom stereocenters. The number of hydrogen-bond donors (Lipinski definition) is 2. The minimum atomic E-state index is -3.44. The molecule has 1 aromatic carbocycles. The molecule has 0 aliphatic carbocycles. The van der Waals surface area contributed by atoms with Gasteiger partial charge in [0.2, 0.25) is 15.9 Å². The van der Waals surface area contributed by atoms with Gasteiger partial charge in [-0.25, -0.2) is 8.42 Å². The molecule has 2 N–H and O–H groups in total. The maximum absolute atomic E-state index is 12.4. The molecule has 4 rings (SSSR count). The molecule has 1 aromatic heterocycles. The Bertz CT molecular complexity index is 1250. The summed E-state index contributed by atoms with van der Waals surface area (Å²) in [5.74, 6) is -0.887. The highest BCUT2D eigenvalue weighted by Gasteiger charge is 2.26. The Labute approximate surface area is 210 Å². The van der Waals surface area contributed by atoms with Crippen molar-refractivity contribution in [2.45, 2.75) is 25.7 Å². The van der Waals surface area contributed by atoms with Crippen LogP contribution in [0.2, 0.25) is 0 Å². The van der Waals surface area contributed by atoms with Gasteiger partial charge in [-0.3, -0.25) is 18.7 Å². The van der Waals surface area contributed by atoms with E-state index in [0.29, 0.717) is 56.2 Å². The molecule has 0 unspecified atom stereocenters. The van der Waals surface area contributed by atoms with Gasteiger partial charge < -0.3 is 20.0 Å². The molecule has 3 amide bonds. The first-order valence-electron chi connectivity index (χ1n) is 11.9. The van der Waals surface area contributed by atoms with Gasteiger partial charge in [0.25, 0.3) is 0 Å². The van der Waals surface area contributed by atoms with Crippen molar-refractivity contribution in [3.8, 4) is 0 Å². The lowest BCUT2D eigenvalue weighted by atomic mass is 9.96. The number of hydrogen-bond acceptors (Lipinski definition) is 6. The molecule has 11 heteroatoms. The third-order valence-electron chi connectivity index (χ3n) is 6.44. The molecular formula is C25H30N4O6S. The number of aryl methyl sites for hydroxylation is 1. The Morgan fingerprint density at radius 2 is 1.89 bits per heavy atom. The number of rotatable bonds is 6. The van der Waals surface area contributed by atoms with Crippen LogP contribution in [0.1, 0.15) is 30.6 Å². The summed E-state index contributed by atoms with van der Waals surface area (Å²) < 4.78 is 30.7. The van der Waals surface area contributed by atoms with E-state index in [4.69, 9.17) is 4.42 Å². The van der Waals surface area contributed by atoms with E-state index in [-0.39, 0.29) is 11.8 Å². The summed E-state index contributed by atoms with van der Waals surface area (Å²) in [6.45, 7) is 1.86. The van der Waals surface area contributed by atoms with Crippen molar-refractivity contribution < 1.29 is 27.2 Å². The smallest absolute Gasteiger partial charge is 0.313 e. The number of fused-ring (bicyclic) bond motifs is 1. The summed E-state index contributed by atoms with van der Waals surface area (Å²) >= 11 is 0. The predicted octanol–water partition coefficient (Wildman–Crippen LogP) is 2.00. The van der Waals surface area contributed by atoms with Gasteiger partial charge in [0.05, 0.1) is 18.2 Å². The summed E-state index contributed by atoms with van der Waals surface area (Å²) in [6.07, 6.45) is 8.73. The van der Waals surface area contributed by atoms with Crippen LogP contribution in [-0.4, -0.2) is 63.5 Å². The second kappa shape index (κ2) is 11.0. The van der Waals surface area contributed by atoms with Gasteiger partial charge in [-0.15, -0.1) is 0 Å². The minimum Gasteiger partial charge on any atom is -0.465 e. The number of nitrogens with zero attached hydrogens (tertiary/aromatic N) is 2. The van der Waals surface area contributed by atoms with Crippen molar-refractivity contribution in [3.05, 3.63) is 54.0 Å². The third kappa shape index (κ3) is 6.34. The second-order valence-electron chi connectivity index (χ2n) is 9.06. The lowest BCUT2D eigenvalue weighted by Gasteiger charge is -2.31. The quantitative estimate of drug-likeness (QED) is 0.448. The number of carbonyl (C=O) groups is 3. The topological polar surface area (TPSA) is 129 Å². The lowest BCUT2D eigenvalue weighted by molar-refractivity contribution is -0.136. The Balaban J connectivity index is 1.24. The summed E-state index contributed by atoms with van der Waals surface area (Å²) in [5, 5.41) is 5.23. The zero-order valence-corrected chi connectivity index (χ0v) is 20.9. The van der Waals surface area contributed by atoms with Crippen molar-refractivity contribution >= 4 is 45.2 Å². The average molecular weight is 515 g/mol. The molecule has 1 fully saturated rings. The first kappa shape index (κ1) is 25.5. The predicted molar refractivity (Wildman–Crippen MR) is 136 cm³/mol. The van der Waals surface area contributed by atoms with E-state index in [9.17, 15) is 22.8 Å². The highest BCUT2D eigenvalue weighted by atomic mass is 32.2. The standard InChI is InChI=1S/C25H30N4O6S/c1-36(33,34)29-12-2-4-19-6-7-20(16-22(19)29)27-25(32)24(31)26-17-18-10-13-28(14-11-18)23(30)9-8-21-5-3-15-35-21/h3,5-9,15-16,18H,2,4,10-14,17H2,1H3,(H,26,31)(H,27,32)/b9-8+. The van der Waals surface area contributed by atoms with Crippen molar-refractivity contribution in [2.75, 3.05) is 42.1 Å². The summed E-state index contributed by atoms with van der Waals surface area (Å²) in [7, 11) is -3.44. The van der Waals surface area contributed by atoms with E-state index < -0.39 is 21.8 Å². The van der Waals surface area contributed by atoms with Crippen LogP contribution in [0.25, 0.3) is 6.08 Å². The number of furan rings is 1. The Morgan fingerprint density at radius 3 is 2.58 bits per heavy atom. The second-order valence-corrected chi connectivity index (χ2v) is 11.0. The molecule has 0 radical (unpaired) electrons. The molecule has 1 saturated heterocycles. The average Bonchev–Trinajstić information content (AvgIpc) is 3.39. The first-order chi connectivity index (χ1) is 17.2. The SMILES string of the molecule is CS(=O)(=O)N1CCCc2ccc(NC(=O)C(=O)NCC3CCN(C(=O)/C=C/c4ccco4)CC3)cc21. The number of nitrogens with one attached hydrogen (secondary N) is 2. The maximum atomic E-state index is 12.4. The zero-order valence-electron chi connectivity index (χ0n) is 20.1. The Hall–Kier alpha value is -3.60. The fourth-order valence-corrected chi connectivity index (χ4v) is 5.46. The van der Waals surface area contributed by atoms with E-state index in [2.05, 4.69) is 10.6 Å². The van der Waals surface area contributed by atoms with Crippen LogP contribution in [0.4, 0.5) is 11.4 Å². The molecule has 10 nitrogen and oxygen atoms in total. The van der Waals surface area contributed by atoms with Gasteiger partial charge in [-0.1, -0.05) is 6.07 Å². The number of benzene rings is 1. The van der Waals surface area contributed by atoms with Gasteiger partial charge >= 0.3 is 11.8 Å². The molecule has 0 spiro atoms. The third-order valence-corrected chi connectivity index (χ3v) is 7.62. The van der Waals surface area contributed by atoms with Crippen LogP contribution < -0.4 is 14.9 Å². The molecule has 0 bridgehead atoms. The number of likely N-dealkylation sites (tertiary alicyclic amines) is 1. The normalized spacial score (nSPS) is 16.6. The van der Waals surface area contributed by atoms with Crippen molar-refractivity contribution in [3.63, 3.8) is 0 Å². The molecule has 2 aliphatic heterocycles. The van der Waals surface area contributed by atoms with Crippen LogP contribution in [-0.2, 0) is 30.8 Å². The first-order valence-corrected chi connectivity index (χ1v) is 13.8. The van der Waals surface area contributed by atoms with Gasteiger partial charge in [0.1, 0.15) is 5.76 Å². The van der Waals surface area contributed by atoms with Crippen LogP contribution in [0.5, 0.6) is 0 Å². The lowest BCUT2D eigenvalue weighted by Crippen LogP contribution is -2.43. The molecule has 3 heterocycles. The van der Waals surface area contributed by atoms with Gasteiger partial charge in [-0.05, 0) is 67.5 Å². The summed E-state index contributed by atoms with van der Waals surface area (Å²) in [6, 6.07) is 8.56. The number of anilines is 2. The van der Waals surface area contributed by atoms with Gasteiger partial charge in [0.15, 0.2) is 0 Å². The van der Waals surface area contributed by atoms with E-state index in [0.717, 1.165) is 24.7 Å². The number of amides is 3. The molecule has 36 heavy (non-hydrogen) atoms. The summed E-state index contributed by atoms with van der Waals surface area (Å²) in [4.78, 5) is 38.9. The molecule has 192 valence electrons. The molecule has 0 saturated carbocycles. The highest BCUT2D eigenvalue weighted by molar-refractivity contribution is 7.92. The molecule has 2 aromatic rings. The van der Waals surface area contributed by atoms with Crippen LogP contribution in [0.3, 0.4) is 0 Å². The fourth-order valence-electron chi connectivity index (χ4n) is 4.47. The van der Waals surface area contributed by atoms with Crippen LogP contribution in [0, 0.1) is 5.92 Å². The summed E-state index contributed by atoms with van der Waals surface area (Å²) in [5.41, 5.74) is 1.77. The van der Waals surface area contributed by atoms with E-state index in [1.54, 1.807) is 47.6 Å². The zero-order chi connectivity index (χ0) is 25.7. The van der Waals surface area contributed by atoms with E-state index in [1.807, 2.05) is 0 Å². The van der Waals surface area contributed by atoms with Crippen LogP contribution >= 0.6 is 0 Å².